The highest BCUT2D eigenvalue weighted by Crippen LogP contribution is 2.30. The van der Waals surface area contributed by atoms with Crippen molar-refractivity contribution in [2.75, 3.05) is 6.61 Å². The molecule has 0 bridgehead atoms. The zero-order chi connectivity index (χ0) is 18.1. The van der Waals surface area contributed by atoms with E-state index in [1.165, 1.54) is 6.92 Å². The van der Waals surface area contributed by atoms with Crippen LogP contribution in [0.15, 0.2) is 0 Å². The van der Waals surface area contributed by atoms with Crippen molar-refractivity contribution in [2.24, 2.45) is 5.73 Å². The first-order valence-corrected chi connectivity index (χ1v) is 6.88. The maximum Gasteiger partial charge on any atom is 0.258 e. The molecule has 136 valence electrons. The molecule has 0 amide bonds. The average Bonchev–Trinajstić information content (AvgIpc) is 2.54. The number of rotatable bonds is 6. The molecular weight excluding hydrogens is 318 g/mol. The normalized spacial score (nSPS) is 40.3. The van der Waals surface area contributed by atoms with E-state index in [0.29, 0.717) is 0 Å². The van der Waals surface area contributed by atoms with Crippen LogP contribution in [0.5, 0.6) is 0 Å². The maximum atomic E-state index is 12.2. The Morgan fingerprint density at radius 2 is 1.70 bits per heavy atom. The van der Waals surface area contributed by atoms with E-state index in [1.54, 1.807) is 0 Å². The number of hydrogen-bond acceptors (Lipinski definition) is 11. The molecule has 1 saturated heterocycles. The lowest BCUT2D eigenvalue weighted by Gasteiger charge is -2.45. The van der Waals surface area contributed by atoms with Crippen molar-refractivity contribution in [2.45, 2.75) is 61.5 Å². The van der Waals surface area contributed by atoms with Crippen molar-refractivity contribution in [1.82, 2.24) is 0 Å². The number of hydrogen-bond donors (Lipinski definition) is 9. The lowest BCUT2D eigenvalue weighted by atomic mass is 9.86. The van der Waals surface area contributed by atoms with Gasteiger partial charge >= 0.3 is 0 Å². The third-order valence-corrected chi connectivity index (χ3v) is 3.88. The van der Waals surface area contributed by atoms with Gasteiger partial charge in [-0.3, -0.25) is 4.79 Å². The predicted molar refractivity (Wildman–Crippen MR) is 71.6 cm³/mol. The topological polar surface area (TPSA) is 214 Å². The van der Waals surface area contributed by atoms with Crippen molar-refractivity contribution in [1.29, 1.82) is 0 Å². The van der Waals surface area contributed by atoms with Crippen molar-refractivity contribution in [3.05, 3.63) is 0 Å². The van der Waals surface area contributed by atoms with E-state index in [2.05, 4.69) is 0 Å². The molecule has 1 aliphatic heterocycles. The average molecular weight is 341 g/mol. The summed E-state index contributed by atoms with van der Waals surface area (Å²) in [6, 6.07) is -2.03. The van der Waals surface area contributed by atoms with E-state index in [9.17, 15) is 40.5 Å². The zero-order valence-electron chi connectivity index (χ0n) is 12.3. The van der Waals surface area contributed by atoms with E-state index < -0.39 is 66.9 Å². The van der Waals surface area contributed by atoms with Gasteiger partial charge < -0.3 is 51.3 Å². The van der Waals surface area contributed by atoms with Gasteiger partial charge in [-0.15, -0.1) is 0 Å². The number of carbonyl (C=O) groups excluding carboxylic acids is 1. The third-order valence-electron chi connectivity index (χ3n) is 3.88. The lowest BCUT2D eigenvalue weighted by molar-refractivity contribution is -0.325. The van der Waals surface area contributed by atoms with E-state index in [4.69, 9.17) is 15.6 Å². The standard InChI is InChI=1S/C12H23NO10/c1-3-6(16)9(19)11(21)12(22,23-3)10(20)5(13)8(18)7(17)4(15)2-14/h3-9,11,14-19,21-22H,2,13H2,1H3/t3-,4+,5+,6+,7+,8+,9+,11-,12?/m0/s1. The van der Waals surface area contributed by atoms with Crippen molar-refractivity contribution in [3.63, 3.8) is 0 Å². The number of ether oxygens (including phenoxy) is 1. The highest BCUT2D eigenvalue weighted by atomic mass is 16.7. The molecule has 1 fully saturated rings. The highest BCUT2D eigenvalue weighted by Gasteiger charge is 2.58. The molecule has 0 saturated carbocycles. The smallest absolute Gasteiger partial charge is 0.258 e. The molecule has 9 atom stereocenters. The first kappa shape index (κ1) is 20.3. The Hall–Kier alpha value is -0.730. The van der Waals surface area contributed by atoms with Crippen LogP contribution in [0, 0.1) is 0 Å². The van der Waals surface area contributed by atoms with Crippen LogP contribution in [0.3, 0.4) is 0 Å². The van der Waals surface area contributed by atoms with Gasteiger partial charge in [0.05, 0.1) is 18.8 Å². The van der Waals surface area contributed by atoms with Crippen LogP contribution in [0.25, 0.3) is 0 Å². The van der Waals surface area contributed by atoms with Gasteiger partial charge in [-0.2, -0.15) is 0 Å². The molecule has 0 aromatic heterocycles. The molecule has 1 heterocycles. The Morgan fingerprint density at radius 1 is 1.17 bits per heavy atom. The SMILES string of the molecule is C[C@@H]1OC(O)(C(=O)[C@H](N)[C@@H](O)[C@H](O)[C@H](O)CO)[C@@H](O)[C@H](O)[C@@H]1O. The molecule has 11 heteroatoms. The fraction of sp³-hybridized carbons (Fsp3) is 0.917. The second-order valence-corrected chi connectivity index (χ2v) is 5.57. The Bertz CT molecular complexity index is 423. The predicted octanol–water partition coefficient (Wildman–Crippen LogP) is -5.85. The molecule has 23 heavy (non-hydrogen) atoms. The lowest BCUT2D eigenvalue weighted by Crippen LogP contribution is -2.71. The molecule has 0 radical (unpaired) electrons. The second kappa shape index (κ2) is 7.44. The summed E-state index contributed by atoms with van der Waals surface area (Å²) in [7, 11) is 0. The minimum Gasteiger partial charge on any atom is -0.394 e. The fourth-order valence-electron chi connectivity index (χ4n) is 2.26. The summed E-state index contributed by atoms with van der Waals surface area (Å²) in [5, 5.41) is 76.3. The Labute approximate surface area is 131 Å². The van der Waals surface area contributed by atoms with Crippen LogP contribution in [0.2, 0.25) is 0 Å². The molecule has 1 unspecified atom stereocenters. The van der Waals surface area contributed by atoms with Crippen LogP contribution in [-0.4, -0.2) is 108 Å². The fourth-order valence-corrected chi connectivity index (χ4v) is 2.26. The summed E-state index contributed by atoms with van der Waals surface area (Å²) < 4.78 is 4.83. The first-order chi connectivity index (χ1) is 10.5. The van der Waals surface area contributed by atoms with E-state index >= 15 is 0 Å². The number of nitrogens with two attached hydrogens (primary N) is 1. The summed E-state index contributed by atoms with van der Waals surface area (Å²) in [6.45, 7) is 0.287. The number of Topliss-reactive ketones (excluding diaryl/α,β-unsaturated/α-hetero) is 1. The summed E-state index contributed by atoms with van der Waals surface area (Å²) in [5.74, 6) is -4.53. The van der Waals surface area contributed by atoms with Crippen LogP contribution in [-0.2, 0) is 9.53 Å². The van der Waals surface area contributed by atoms with Gasteiger partial charge in [-0.05, 0) is 6.92 Å². The maximum absolute atomic E-state index is 12.2. The minimum atomic E-state index is -3.04. The van der Waals surface area contributed by atoms with E-state index in [0.717, 1.165) is 0 Å². The van der Waals surface area contributed by atoms with Gasteiger partial charge in [-0.25, -0.2) is 0 Å². The molecular formula is C12H23NO10. The molecule has 0 aromatic carbocycles. The monoisotopic (exact) mass is 341 g/mol. The van der Waals surface area contributed by atoms with E-state index in [-0.39, 0.29) is 0 Å². The Kier molecular flexibility index (Phi) is 6.57. The number of aliphatic hydroxyl groups is 8. The molecule has 1 rings (SSSR count). The Morgan fingerprint density at radius 3 is 2.17 bits per heavy atom. The molecule has 0 spiro atoms. The molecule has 1 aliphatic rings. The number of carbonyl (C=O) groups is 1. The van der Waals surface area contributed by atoms with Gasteiger partial charge in [0.25, 0.3) is 5.79 Å². The minimum absolute atomic E-state index is 0.926. The van der Waals surface area contributed by atoms with Gasteiger partial charge in [-0.1, -0.05) is 0 Å². The highest BCUT2D eigenvalue weighted by molar-refractivity contribution is 5.91. The van der Waals surface area contributed by atoms with Crippen molar-refractivity contribution in [3.8, 4) is 0 Å². The van der Waals surface area contributed by atoms with Crippen molar-refractivity contribution >= 4 is 5.78 Å². The zero-order valence-corrected chi connectivity index (χ0v) is 12.3. The van der Waals surface area contributed by atoms with Crippen molar-refractivity contribution < 1.29 is 50.4 Å². The summed E-state index contributed by atoms with van der Waals surface area (Å²) >= 11 is 0. The largest absolute Gasteiger partial charge is 0.394 e. The van der Waals surface area contributed by atoms with Crippen LogP contribution >= 0.6 is 0 Å². The summed E-state index contributed by atoms with van der Waals surface area (Å²) in [4.78, 5) is 12.2. The van der Waals surface area contributed by atoms with Crippen LogP contribution in [0.1, 0.15) is 6.92 Å². The van der Waals surface area contributed by atoms with Crippen LogP contribution in [0.4, 0.5) is 0 Å². The van der Waals surface area contributed by atoms with E-state index in [1.807, 2.05) is 0 Å². The molecule has 10 N–H and O–H groups in total. The summed E-state index contributed by atoms with van der Waals surface area (Å²) in [5.41, 5.74) is 5.41. The third kappa shape index (κ3) is 3.69. The summed E-state index contributed by atoms with van der Waals surface area (Å²) in [6.07, 6.45) is -13.0. The van der Waals surface area contributed by atoms with Gasteiger partial charge in [0.2, 0.25) is 5.78 Å². The number of ketones is 1. The molecule has 0 aromatic rings. The van der Waals surface area contributed by atoms with Crippen LogP contribution < -0.4 is 5.73 Å². The molecule has 11 nitrogen and oxygen atoms in total. The van der Waals surface area contributed by atoms with Gasteiger partial charge in [0.1, 0.15) is 36.6 Å². The second-order valence-electron chi connectivity index (χ2n) is 5.57. The molecule has 0 aliphatic carbocycles. The Balaban J connectivity index is 2.97. The quantitative estimate of drug-likeness (QED) is 0.222. The van der Waals surface area contributed by atoms with Gasteiger partial charge in [0, 0.05) is 0 Å². The first-order valence-electron chi connectivity index (χ1n) is 6.88. The number of aliphatic hydroxyl groups excluding tert-OH is 7. The van der Waals surface area contributed by atoms with Gasteiger partial charge in [0.15, 0.2) is 0 Å².